The number of fused-ring (bicyclic) bond motifs is 1. The quantitative estimate of drug-likeness (QED) is 0.852. The lowest BCUT2D eigenvalue weighted by Crippen LogP contribution is -2.14. The number of hydrogen-bond donors (Lipinski definition) is 1. The number of rotatable bonds is 7. The number of nitrogens with zero attached hydrogens (tertiary/aromatic N) is 1. The van der Waals surface area contributed by atoms with Crippen LogP contribution in [0.2, 0.25) is 0 Å². The summed E-state index contributed by atoms with van der Waals surface area (Å²) in [6, 6.07) is 5.94. The molecule has 110 valence electrons. The van der Waals surface area contributed by atoms with Crippen molar-refractivity contribution < 1.29 is 8.95 Å². The van der Waals surface area contributed by atoms with Gasteiger partial charge < -0.3 is 10.1 Å². The van der Waals surface area contributed by atoms with Gasteiger partial charge in [-0.15, -0.1) is 0 Å². The number of thiazole rings is 1. The van der Waals surface area contributed by atoms with Crippen LogP contribution in [0.25, 0.3) is 10.2 Å². The van der Waals surface area contributed by atoms with Crippen LogP contribution in [0.3, 0.4) is 0 Å². The molecule has 2 rings (SSSR count). The second-order valence-electron chi connectivity index (χ2n) is 4.61. The molecule has 0 aliphatic carbocycles. The minimum atomic E-state index is -0.762. The topological polar surface area (TPSA) is 51.2 Å². The number of anilines is 1. The summed E-state index contributed by atoms with van der Waals surface area (Å²) in [5.41, 5.74) is 0.980. The lowest BCUT2D eigenvalue weighted by atomic mass is 10.3. The summed E-state index contributed by atoms with van der Waals surface area (Å²) in [7, 11) is -0.762. The molecule has 20 heavy (non-hydrogen) atoms. The smallest absolute Gasteiger partial charge is 0.183 e. The first kappa shape index (κ1) is 15.3. The van der Waals surface area contributed by atoms with E-state index in [4.69, 9.17) is 4.74 Å². The normalized spacial score (nSPS) is 14.2. The first-order valence-corrected chi connectivity index (χ1v) is 9.13. The van der Waals surface area contributed by atoms with E-state index in [9.17, 15) is 4.21 Å². The Morgan fingerprint density at radius 3 is 3.00 bits per heavy atom. The lowest BCUT2D eigenvalue weighted by Gasteiger charge is -2.07. The second-order valence-corrected chi connectivity index (χ2v) is 7.44. The van der Waals surface area contributed by atoms with Gasteiger partial charge in [0.25, 0.3) is 0 Å². The van der Waals surface area contributed by atoms with Crippen LogP contribution in [0.1, 0.15) is 20.3 Å². The largest absolute Gasteiger partial charge is 0.494 e. The molecule has 2 unspecified atom stereocenters. The van der Waals surface area contributed by atoms with Crippen molar-refractivity contribution >= 4 is 37.5 Å². The van der Waals surface area contributed by atoms with E-state index in [1.54, 1.807) is 17.6 Å². The van der Waals surface area contributed by atoms with E-state index in [0.29, 0.717) is 6.61 Å². The molecule has 0 saturated carbocycles. The van der Waals surface area contributed by atoms with Crippen LogP contribution in [0.4, 0.5) is 5.13 Å². The van der Waals surface area contributed by atoms with Crippen molar-refractivity contribution in [3.8, 4) is 5.75 Å². The zero-order valence-corrected chi connectivity index (χ0v) is 13.6. The van der Waals surface area contributed by atoms with Crippen LogP contribution < -0.4 is 10.1 Å². The van der Waals surface area contributed by atoms with Crippen molar-refractivity contribution in [2.24, 2.45) is 0 Å². The van der Waals surface area contributed by atoms with Gasteiger partial charge in [-0.2, -0.15) is 0 Å². The summed E-state index contributed by atoms with van der Waals surface area (Å²) in [5, 5.41) is 4.42. The molecule has 4 nitrogen and oxygen atoms in total. The van der Waals surface area contributed by atoms with Gasteiger partial charge >= 0.3 is 0 Å². The zero-order valence-electron chi connectivity index (χ0n) is 12.0. The maximum absolute atomic E-state index is 11.3. The summed E-state index contributed by atoms with van der Waals surface area (Å²) >= 11 is 1.62. The van der Waals surface area contributed by atoms with Crippen LogP contribution in [0.15, 0.2) is 18.2 Å². The minimum absolute atomic E-state index is 0.210. The molecule has 2 atom stereocenters. The van der Waals surface area contributed by atoms with Gasteiger partial charge in [-0.1, -0.05) is 18.3 Å². The molecule has 0 saturated heterocycles. The van der Waals surface area contributed by atoms with Gasteiger partial charge in [0.15, 0.2) is 5.13 Å². The highest BCUT2D eigenvalue weighted by molar-refractivity contribution is 7.84. The first-order chi connectivity index (χ1) is 9.60. The highest BCUT2D eigenvalue weighted by atomic mass is 32.2. The molecule has 1 aromatic heterocycles. The van der Waals surface area contributed by atoms with E-state index in [1.807, 2.05) is 32.0 Å². The molecule has 0 bridgehead atoms. The fourth-order valence-electron chi connectivity index (χ4n) is 1.79. The SMILES string of the molecule is CCOc1ccc2nc(NCCC(C)S(C)=O)sc2c1. The van der Waals surface area contributed by atoms with E-state index in [-0.39, 0.29) is 5.25 Å². The summed E-state index contributed by atoms with van der Waals surface area (Å²) < 4.78 is 17.9. The van der Waals surface area contributed by atoms with E-state index < -0.39 is 10.8 Å². The highest BCUT2D eigenvalue weighted by Gasteiger charge is 2.08. The molecule has 0 fully saturated rings. The zero-order chi connectivity index (χ0) is 14.5. The summed E-state index contributed by atoms with van der Waals surface area (Å²) in [6.45, 7) is 5.44. The van der Waals surface area contributed by atoms with Crippen molar-refractivity contribution in [2.45, 2.75) is 25.5 Å². The van der Waals surface area contributed by atoms with Gasteiger partial charge in [-0.25, -0.2) is 4.98 Å². The maximum atomic E-state index is 11.3. The molecule has 0 amide bonds. The summed E-state index contributed by atoms with van der Waals surface area (Å²) in [4.78, 5) is 4.53. The van der Waals surface area contributed by atoms with Crippen molar-refractivity contribution in [3.63, 3.8) is 0 Å². The highest BCUT2D eigenvalue weighted by Crippen LogP contribution is 2.29. The van der Waals surface area contributed by atoms with Crippen molar-refractivity contribution in [1.82, 2.24) is 4.98 Å². The Bertz CT molecular complexity index is 598. The molecule has 0 spiro atoms. The van der Waals surface area contributed by atoms with E-state index in [0.717, 1.165) is 34.1 Å². The Kier molecular flexibility index (Phi) is 5.37. The number of ether oxygens (including phenoxy) is 1. The van der Waals surface area contributed by atoms with Gasteiger partial charge in [-0.05, 0) is 31.5 Å². The standard InChI is InChI=1S/C14H20N2O2S2/c1-4-18-11-5-6-12-13(9-11)19-14(16-12)15-8-7-10(2)20(3)17/h5-6,9-10H,4,7-8H2,1-3H3,(H,15,16). The minimum Gasteiger partial charge on any atom is -0.494 e. The Morgan fingerprint density at radius 1 is 1.50 bits per heavy atom. The Morgan fingerprint density at radius 2 is 2.30 bits per heavy atom. The summed E-state index contributed by atoms with van der Waals surface area (Å²) in [5.74, 6) is 0.880. The molecular formula is C14H20N2O2S2. The number of hydrogen-bond acceptors (Lipinski definition) is 5. The van der Waals surface area contributed by atoms with Crippen molar-refractivity contribution in [3.05, 3.63) is 18.2 Å². The molecule has 1 heterocycles. The maximum Gasteiger partial charge on any atom is 0.183 e. The van der Waals surface area contributed by atoms with Crippen LogP contribution in [-0.2, 0) is 10.8 Å². The Hall–Kier alpha value is -1.14. The fraction of sp³-hybridized carbons (Fsp3) is 0.500. The molecule has 1 aromatic carbocycles. The monoisotopic (exact) mass is 312 g/mol. The first-order valence-electron chi connectivity index (χ1n) is 6.69. The molecule has 2 aromatic rings. The van der Waals surface area contributed by atoms with Gasteiger partial charge in [0.1, 0.15) is 5.75 Å². The van der Waals surface area contributed by atoms with Gasteiger partial charge in [-0.3, -0.25) is 4.21 Å². The fourth-order valence-corrected chi connectivity index (χ4v) is 3.15. The lowest BCUT2D eigenvalue weighted by molar-refractivity contribution is 0.341. The van der Waals surface area contributed by atoms with E-state index >= 15 is 0 Å². The molecule has 0 radical (unpaired) electrons. The number of benzene rings is 1. The van der Waals surface area contributed by atoms with Crippen LogP contribution >= 0.6 is 11.3 Å². The Labute approximate surface area is 126 Å². The third-order valence-electron chi connectivity index (χ3n) is 3.06. The van der Waals surface area contributed by atoms with Crippen LogP contribution in [0, 0.1) is 0 Å². The average Bonchev–Trinajstić information content (AvgIpc) is 2.80. The summed E-state index contributed by atoms with van der Waals surface area (Å²) in [6.07, 6.45) is 2.63. The van der Waals surface area contributed by atoms with Gasteiger partial charge in [0.2, 0.25) is 0 Å². The number of nitrogens with one attached hydrogen (secondary N) is 1. The second kappa shape index (κ2) is 7.04. The van der Waals surface area contributed by atoms with Crippen molar-refractivity contribution in [2.75, 3.05) is 24.7 Å². The van der Waals surface area contributed by atoms with E-state index in [1.165, 1.54) is 0 Å². The third-order valence-corrected chi connectivity index (χ3v) is 5.41. The van der Waals surface area contributed by atoms with Crippen molar-refractivity contribution in [1.29, 1.82) is 0 Å². The molecular weight excluding hydrogens is 292 g/mol. The number of aromatic nitrogens is 1. The predicted octanol–water partition coefficient (Wildman–Crippen LogP) is 3.26. The van der Waals surface area contributed by atoms with Crippen LogP contribution in [-0.4, -0.2) is 33.9 Å². The predicted molar refractivity (Wildman–Crippen MR) is 87.4 cm³/mol. The Balaban J connectivity index is 1.99. The molecule has 0 aliphatic rings. The third kappa shape index (κ3) is 3.93. The average molecular weight is 312 g/mol. The van der Waals surface area contributed by atoms with Gasteiger partial charge in [0.05, 0.1) is 16.8 Å². The molecule has 1 N–H and O–H groups in total. The molecule has 0 aliphatic heterocycles. The van der Waals surface area contributed by atoms with Gasteiger partial charge in [0, 0.05) is 28.9 Å². The van der Waals surface area contributed by atoms with Crippen LogP contribution in [0.5, 0.6) is 5.75 Å². The van der Waals surface area contributed by atoms with E-state index in [2.05, 4.69) is 10.3 Å². The molecule has 6 heteroatoms.